The fraction of sp³-hybridized carbons (Fsp3) is 0.333. The highest BCUT2D eigenvalue weighted by Crippen LogP contribution is 2.32. The van der Waals surface area contributed by atoms with Gasteiger partial charge in [0, 0.05) is 67.8 Å². The fourth-order valence-electron chi connectivity index (χ4n) is 5.38. The van der Waals surface area contributed by atoms with E-state index < -0.39 is 10.8 Å². The molecule has 0 aromatic heterocycles. The molecule has 0 spiro atoms. The molecule has 0 aliphatic carbocycles. The lowest BCUT2D eigenvalue weighted by Crippen LogP contribution is -2.47. The summed E-state index contributed by atoms with van der Waals surface area (Å²) < 4.78 is 5.55. The number of likely N-dealkylation sites (tertiary alicyclic amines) is 1. The Balaban J connectivity index is 1.38. The van der Waals surface area contributed by atoms with Crippen LogP contribution in [0.15, 0.2) is 60.7 Å². The van der Waals surface area contributed by atoms with Crippen LogP contribution in [0.5, 0.6) is 5.75 Å². The number of nitro benzene ring substituents is 1. The van der Waals surface area contributed by atoms with Gasteiger partial charge in [-0.2, -0.15) is 0 Å². The van der Waals surface area contributed by atoms with Crippen molar-refractivity contribution >= 4 is 34.6 Å². The van der Waals surface area contributed by atoms with Crippen molar-refractivity contribution in [3.63, 3.8) is 0 Å². The summed E-state index contributed by atoms with van der Waals surface area (Å²) in [5.74, 6) is 0.308. The van der Waals surface area contributed by atoms with Gasteiger partial charge in [0.15, 0.2) is 0 Å². The Morgan fingerprint density at radius 3 is 2.23 bits per heavy atom. The van der Waals surface area contributed by atoms with Crippen molar-refractivity contribution in [1.82, 2.24) is 4.90 Å². The highest BCUT2D eigenvalue weighted by Gasteiger charge is 2.27. The third-order valence-electron chi connectivity index (χ3n) is 7.59. The Morgan fingerprint density at radius 2 is 1.55 bits per heavy atom. The number of carbonyl (C=O) groups excluding carboxylic acids is 2. The number of nitro groups is 1. The molecule has 2 aliphatic rings. The molecule has 1 N–H and O–H groups in total. The zero-order chi connectivity index (χ0) is 28.2. The standard InChI is InChI=1S/C30H33N5O5/c1-21-9-10-22(19-27(21)35(38)39)29(36)31-23-11-12-25(24(20-23)30(37)34-13-5-6-14-34)32-15-17-33(18-16-32)26-7-3-4-8-28(26)40-2/h3-4,7-12,19-20H,5-6,13-18H2,1-2H3,(H,31,36). The molecule has 0 unspecified atom stereocenters. The SMILES string of the molecule is COc1ccccc1N1CCN(c2ccc(NC(=O)c3ccc(C)c([N+](=O)[O-])c3)cc2C(=O)N2CCCC2)CC1. The first-order chi connectivity index (χ1) is 19.4. The first-order valence-corrected chi connectivity index (χ1v) is 13.5. The van der Waals surface area contributed by atoms with Gasteiger partial charge in [-0.25, -0.2) is 0 Å². The molecule has 2 amide bonds. The van der Waals surface area contributed by atoms with Crippen LogP contribution in [0, 0.1) is 17.0 Å². The Bertz CT molecular complexity index is 1430. The van der Waals surface area contributed by atoms with Gasteiger partial charge in [0.1, 0.15) is 5.75 Å². The van der Waals surface area contributed by atoms with Gasteiger partial charge in [-0.15, -0.1) is 0 Å². The number of rotatable bonds is 7. The summed E-state index contributed by atoms with van der Waals surface area (Å²) in [6.07, 6.45) is 1.95. The number of para-hydroxylation sites is 2. The van der Waals surface area contributed by atoms with Crippen LogP contribution in [0.2, 0.25) is 0 Å². The van der Waals surface area contributed by atoms with Crippen LogP contribution in [0.3, 0.4) is 0 Å². The maximum Gasteiger partial charge on any atom is 0.273 e. The zero-order valence-corrected chi connectivity index (χ0v) is 22.8. The Hall–Kier alpha value is -4.60. The molecule has 3 aromatic rings. The minimum Gasteiger partial charge on any atom is -0.495 e. The third kappa shape index (κ3) is 5.56. The van der Waals surface area contributed by atoms with Crippen LogP contribution >= 0.6 is 0 Å². The predicted octanol–water partition coefficient (Wildman–Crippen LogP) is 4.73. The van der Waals surface area contributed by atoms with Crippen molar-refractivity contribution < 1.29 is 19.2 Å². The minimum atomic E-state index is -0.499. The second kappa shape index (κ2) is 11.6. The highest BCUT2D eigenvalue weighted by molar-refractivity contribution is 6.06. The first kappa shape index (κ1) is 27.0. The molecule has 208 valence electrons. The molecule has 10 nitrogen and oxygen atoms in total. The average Bonchev–Trinajstić information content (AvgIpc) is 3.52. The van der Waals surface area contributed by atoms with E-state index in [0.29, 0.717) is 29.9 Å². The molecule has 0 atom stereocenters. The van der Waals surface area contributed by atoms with E-state index in [1.54, 1.807) is 38.3 Å². The lowest BCUT2D eigenvalue weighted by molar-refractivity contribution is -0.385. The highest BCUT2D eigenvalue weighted by atomic mass is 16.6. The quantitative estimate of drug-likeness (QED) is 0.339. The molecular weight excluding hydrogens is 510 g/mol. The number of amides is 2. The van der Waals surface area contributed by atoms with E-state index in [2.05, 4.69) is 21.2 Å². The van der Waals surface area contributed by atoms with Crippen molar-refractivity contribution in [2.24, 2.45) is 0 Å². The van der Waals surface area contributed by atoms with Crippen molar-refractivity contribution in [2.45, 2.75) is 19.8 Å². The van der Waals surface area contributed by atoms with E-state index in [0.717, 1.165) is 56.1 Å². The van der Waals surface area contributed by atoms with Gasteiger partial charge in [0.05, 0.1) is 23.3 Å². The number of nitrogens with one attached hydrogen (secondary N) is 1. The number of aryl methyl sites for hydroxylation is 1. The average molecular weight is 544 g/mol. The number of benzene rings is 3. The van der Waals surface area contributed by atoms with Crippen molar-refractivity contribution in [2.75, 3.05) is 61.5 Å². The van der Waals surface area contributed by atoms with Gasteiger partial charge in [0.2, 0.25) is 0 Å². The summed E-state index contributed by atoms with van der Waals surface area (Å²) in [5, 5.41) is 14.2. The first-order valence-electron chi connectivity index (χ1n) is 13.5. The molecule has 2 saturated heterocycles. The molecule has 2 fully saturated rings. The number of carbonyl (C=O) groups is 2. The fourth-order valence-corrected chi connectivity index (χ4v) is 5.38. The molecule has 10 heteroatoms. The number of methoxy groups -OCH3 is 1. The summed E-state index contributed by atoms with van der Waals surface area (Å²) in [6.45, 7) is 6.02. The van der Waals surface area contributed by atoms with Gasteiger partial charge < -0.3 is 24.8 Å². The number of hydrogen-bond donors (Lipinski definition) is 1. The monoisotopic (exact) mass is 543 g/mol. The van der Waals surface area contributed by atoms with E-state index >= 15 is 0 Å². The van der Waals surface area contributed by atoms with Crippen molar-refractivity contribution in [3.8, 4) is 5.75 Å². The molecule has 0 radical (unpaired) electrons. The van der Waals surface area contributed by atoms with Crippen LogP contribution in [-0.2, 0) is 0 Å². The zero-order valence-electron chi connectivity index (χ0n) is 22.8. The van der Waals surface area contributed by atoms with Crippen LogP contribution in [0.25, 0.3) is 0 Å². The van der Waals surface area contributed by atoms with E-state index in [4.69, 9.17) is 4.74 Å². The van der Waals surface area contributed by atoms with Gasteiger partial charge in [-0.05, 0) is 56.2 Å². The number of anilines is 3. The number of ether oxygens (including phenoxy) is 1. The van der Waals surface area contributed by atoms with Gasteiger partial charge in [0.25, 0.3) is 17.5 Å². The molecular formula is C30H33N5O5. The maximum atomic E-state index is 13.6. The molecule has 2 heterocycles. The Labute approximate surface area is 233 Å². The second-order valence-electron chi connectivity index (χ2n) is 10.1. The largest absolute Gasteiger partial charge is 0.495 e. The number of nitrogens with zero attached hydrogens (tertiary/aromatic N) is 4. The topological polar surface area (TPSA) is 108 Å². The van der Waals surface area contributed by atoms with Crippen LogP contribution in [0.4, 0.5) is 22.7 Å². The smallest absolute Gasteiger partial charge is 0.273 e. The van der Waals surface area contributed by atoms with Crippen molar-refractivity contribution in [3.05, 3.63) is 87.5 Å². The Kier molecular flexibility index (Phi) is 7.86. The maximum absolute atomic E-state index is 13.6. The lowest BCUT2D eigenvalue weighted by atomic mass is 10.1. The number of piperazine rings is 1. The van der Waals surface area contributed by atoms with E-state index in [1.807, 2.05) is 29.2 Å². The van der Waals surface area contributed by atoms with Gasteiger partial charge >= 0.3 is 0 Å². The Morgan fingerprint density at radius 1 is 0.875 bits per heavy atom. The predicted molar refractivity (Wildman–Crippen MR) is 155 cm³/mol. The lowest BCUT2D eigenvalue weighted by Gasteiger charge is -2.38. The summed E-state index contributed by atoms with van der Waals surface area (Å²) in [6, 6.07) is 17.7. The minimum absolute atomic E-state index is 0.0540. The molecule has 5 rings (SSSR count). The van der Waals surface area contributed by atoms with E-state index in [-0.39, 0.29) is 17.2 Å². The van der Waals surface area contributed by atoms with Crippen LogP contribution < -0.4 is 19.9 Å². The summed E-state index contributed by atoms with van der Waals surface area (Å²) in [4.78, 5) is 43.8. The molecule has 0 saturated carbocycles. The van der Waals surface area contributed by atoms with Crippen molar-refractivity contribution in [1.29, 1.82) is 0 Å². The van der Waals surface area contributed by atoms with Gasteiger partial charge in [-0.1, -0.05) is 18.2 Å². The molecule has 40 heavy (non-hydrogen) atoms. The third-order valence-corrected chi connectivity index (χ3v) is 7.59. The summed E-state index contributed by atoms with van der Waals surface area (Å²) >= 11 is 0. The van der Waals surface area contributed by atoms with Crippen LogP contribution in [0.1, 0.15) is 39.1 Å². The number of hydrogen-bond acceptors (Lipinski definition) is 7. The summed E-state index contributed by atoms with van der Waals surface area (Å²) in [5.41, 5.74) is 3.44. The van der Waals surface area contributed by atoms with Gasteiger partial charge in [-0.3, -0.25) is 19.7 Å². The molecule has 0 bridgehead atoms. The van der Waals surface area contributed by atoms with Crippen LogP contribution in [-0.4, -0.2) is 68.0 Å². The summed E-state index contributed by atoms with van der Waals surface area (Å²) in [7, 11) is 1.67. The molecule has 2 aliphatic heterocycles. The van der Waals surface area contributed by atoms with E-state index in [1.165, 1.54) is 6.07 Å². The van der Waals surface area contributed by atoms with E-state index in [9.17, 15) is 19.7 Å². The molecule has 3 aromatic carbocycles. The normalized spacial score (nSPS) is 15.2. The second-order valence-corrected chi connectivity index (χ2v) is 10.1.